The van der Waals surface area contributed by atoms with Crippen molar-refractivity contribution in [2.75, 3.05) is 0 Å². The molecule has 0 amide bonds. The second kappa shape index (κ2) is 4.15. The maximum Gasteiger partial charge on any atom is 0.308 e. The third-order valence-corrected chi connectivity index (χ3v) is 1.78. The largest absolute Gasteiger partial charge is 0.458 e. The summed E-state index contributed by atoms with van der Waals surface area (Å²) >= 11 is 1.25. The molecule has 0 saturated heterocycles. The van der Waals surface area contributed by atoms with Gasteiger partial charge in [-0.1, -0.05) is 25.2 Å². The fourth-order valence-electron chi connectivity index (χ4n) is 0.528. The average Bonchev–Trinajstić information content (AvgIpc) is 2.51. The van der Waals surface area contributed by atoms with Gasteiger partial charge in [0.25, 0.3) is 0 Å². The molecule has 65 valence electrons. The Kier molecular flexibility index (Phi) is 3.16. The summed E-state index contributed by atoms with van der Waals surface area (Å²) < 4.78 is 4.90. The summed E-state index contributed by atoms with van der Waals surface area (Å²) in [6.07, 6.45) is 0. The Labute approximate surface area is 74.6 Å². The third kappa shape index (κ3) is 2.58. The van der Waals surface area contributed by atoms with Crippen LogP contribution in [0.2, 0.25) is 0 Å². The third-order valence-electron chi connectivity index (χ3n) is 1.18. The molecule has 0 N–H and O–H groups in total. The van der Waals surface area contributed by atoms with Crippen molar-refractivity contribution in [3.63, 3.8) is 0 Å². The van der Waals surface area contributed by atoms with E-state index in [1.54, 1.807) is 13.8 Å². The van der Waals surface area contributed by atoms with Crippen molar-refractivity contribution < 1.29 is 9.53 Å². The molecule has 0 aliphatic rings. The number of aromatic nitrogens is 2. The first kappa shape index (κ1) is 9.12. The number of rotatable bonds is 3. The molecule has 0 atom stereocenters. The van der Waals surface area contributed by atoms with Gasteiger partial charge in [-0.2, -0.15) is 0 Å². The van der Waals surface area contributed by atoms with E-state index in [-0.39, 0.29) is 18.5 Å². The molecule has 0 unspecified atom stereocenters. The standard InChI is InChI=1S/C7H9N2O2S/c1-5(2)7(10)11-3-6-9-8-4-12-6/h5H,3H2,1-2H3. The zero-order valence-electron chi connectivity index (χ0n) is 6.90. The fraction of sp³-hybridized carbons (Fsp3) is 0.571. The van der Waals surface area contributed by atoms with Gasteiger partial charge in [0.1, 0.15) is 6.61 Å². The molecule has 0 fully saturated rings. The van der Waals surface area contributed by atoms with Crippen LogP contribution in [-0.4, -0.2) is 16.2 Å². The SMILES string of the molecule is CC(C)C(=O)OCc1nn[c]s1. The van der Waals surface area contributed by atoms with E-state index in [2.05, 4.69) is 15.7 Å². The Morgan fingerprint density at radius 3 is 3.00 bits per heavy atom. The summed E-state index contributed by atoms with van der Waals surface area (Å²) in [6, 6.07) is 0. The van der Waals surface area contributed by atoms with Crippen molar-refractivity contribution in [3.05, 3.63) is 10.5 Å². The molecule has 1 rings (SSSR count). The minimum Gasteiger partial charge on any atom is -0.458 e. The summed E-state index contributed by atoms with van der Waals surface area (Å²) in [6.45, 7) is 3.78. The summed E-state index contributed by atoms with van der Waals surface area (Å²) in [5, 5.41) is 7.85. The molecule has 0 aromatic carbocycles. The van der Waals surface area contributed by atoms with Gasteiger partial charge in [0, 0.05) is 0 Å². The van der Waals surface area contributed by atoms with Gasteiger partial charge in [-0.3, -0.25) is 4.79 Å². The van der Waals surface area contributed by atoms with Crippen LogP contribution in [0.3, 0.4) is 0 Å². The summed E-state index contributed by atoms with van der Waals surface area (Å²) in [4.78, 5) is 11.0. The topological polar surface area (TPSA) is 52.1 Å². The molecular formula is C7H9N2O2S. The number of carbonyl (C=O) groups is 1. The van der Waals surface area contributed by atoms with Crippen LogP contribution >= 0.6 is 11.3 Å². The molecule has 0 spiro atoms. The van der Waals surface area contributed by atoms with E-state index in [1.165, 1.54) is 11.3 Å². The van der Waals surface area contributed by atoms with Crippen molar-refractivity contribution in [3.8, 4) is 0 Å². The molecule has 1 aromatic rings. The Balaban J connectivity index is 2.32. The van der Waals surface area contributed by atoms with Gasteiger partial charge in [0.15, 0.2) is 10.5 Å². The second-order valence-electron chi connectivity index (χ2n) is 2.55. The monoisotopic (exact) mass is 185 g/mol. The molecule has 0 aliphatic carbocycles. The molecule has 0 saturated carbocycles. The van der Waals surface area contributed by atoms with E-state index < -0.39 is 0 Å². The minimum absolute atomic E-state index is 0.0955. The highest BCUT2D eigenvalue weighted by atomic mass is 32.1. The molecule has 0 bridgehead atoms. The first-order chi connectivity index (χ1) is 5.70. The van der Waals surface area contributed by atoms with E-state index in [4.69, 9.17) is 4.74 Å². The fourth-order valence-corrected chi connectivity index (χ4v) is 0.914. The molecule has 5 heteroatoms. The number of ether oxygens (including phenoxy) is 1. The Morgan fingerprint density at radius 2 is 2.50 bits per heavy atom. The second-order valence-corrected chi connectivity index (χ2v) is 3.41. The summed E-state index contributed by atoms with van der Waals surface area (Å²) in [5.74, 6) is -0.313. The smallest absolute Gasteiger partial charge is 0.308 e. The molecule has 4 nitrogen and oxygen atoms in total. The van der Waals surface area contributed by atoms with E-state index >= 15 is 0 Å². The maximum absolute atomic E-state index is 11.0. The van der Waals surface area contributed by atoms with Gasteiger partial charge in [-0.25, -0.2) is 0 Å². The lowest BCUT2D eigenvalue weighted by molar-refractivity contribution is -0.148. The summed E-state index contributed by atoms with van der Waals surface area (Å²) in [7, 11) is 0. The highest BCUT2D eigenvalue weighted by Crippen LogP contribution is 2.04. The van der Waals surface area contributed by atoms with Crippen molar-refractivity contribution in [2.45, 2.75) is 20.5 Å². The number of carbonyl (C=O) groups excluding carboxylic acids is 1. The molecule has 12 heavy (non-hydrogen) atoms. The van der Waals surface area contributed by atoms with Crippen molar-refractivity contribution in [1.82, 2.24) is 10.2 Å². The Morgan fingerprint density at radius 1 is 1.75 bits per heavy atom. The quantitative estimate of drug-likeness (QED) is 0.660. The van der Waals surface area contributed by atoms with Gasteiger partial charge >= 0.3 is 5.97 Å². The lowest BCUT2D eigenvalue weighted by Gasteiger charge is -2.03. The summed E-state index contributed by atoms with van der Waals surface area (Å²) in [5.41, 5.74) is 2.57. The number of esters is 1. The van der Waals surface area contributed by atoms with Crippen molar-refractivity contribution in [2.24, 2.45) is 5.92 Å². The van der Waals surface area contributed by atoms with Crippen LogP contribution in [0.25, 0.3) is 0 Å². The highest BCUT2D eigenvalue weighted by Gasteiger charge is 2.08. The van der Waals surface area contributed by atoms with Gasteiger partial charge in [0.2, 0.25) is 0 Å². The normalized spacial score (nSPS) is 10.2. The molecule has 1 aromatic heterocycles. The Bertz CT molecular complexity index is 246. The van der Waals surface area contributed by atoms with Crippen LogP contribution in [0.5, 0.6) is 0 Å². The van der Waals surface area contributed by atoms with E-state index in [0.717, 1.165) is 0 Å². The maximum atomic E-state index is 11.0. The number of hydrogen-bond acceptors (Lipinski definition) is 5. The molecule has 1 heterocycles. The van der Waals surface area contributed by atoms with E-state index in [1.807, 2.05) is 0 Å². The number of hydrogen-bond donors (Lipinski definition) is 0. The average molecular weight is 185 g/mol. The van der Waals surface area contributed by atoms with Crippen LogP contribution < -0.4 is 0 Å². The van der Waals surface area contributed by atoms with E-state index in [9.17, 15) is 4.79 Å². The Hall–Kier alpha value is -0.970. The van der Waals surface area contributed by atoms with Crippen LogP contribution in [-0.2, 0) is 16.1 Å². The molecular weight excluding hydrogens is 176 g/mol. The van der Waals surface area contributed by atoms with Crippen LogP contribution in [0, 0.1) is 11.4 Å². The predicted molar refractivity (Wildman–Crippen MR) is 43.4 cm³/mol. The van der Waals surface area contributed by atoms with E-state index in [0.29, 0.717) is 5.01 Å². The first-order valence-corrected chi connectivity index (χ1v) is 4.37. The first-order valence-electron chi connectivity index (χ1n) is 3.55. The molecule has 1 radical (unpaired) electrons. The van der Waals surface area contributed by atoms with Gasteiger partial charge in [-0.15, -0.1) is 10.2 Å². The predicted octanol–water partition coefficient (Wildman–Crippen LogP) is 1.04. The number of nitrogens with zero attached hydrogens (tertiary/aromatic N) is 2. The van der Waals surface area contributed by atoms with Gasteiger partial charge in [-0.05, 0) is 0 Å². The zero-order valence-corrected chi connectivity index (χ0v) is 7.72. The lowest BCUT2D eigenvalue weighted by atomic mass is 10.2. The lowest BCUT2D eigenvalue weighted by Crippen LogP contribution is -2.11. The molecule has 0 aliphatic heterocycles. The highest BCUT2D eigenvalue weighted by molar-refractivity contribution is 7.08. The zero-order chi connectivity index (χ0) is 8.97. The van der Waals surface area contributed by atoms with Crippen molar-refractivity contribution in [1.29, 1.82) is 0 Å². The van der Waals surface area contributed by atoms with Crippen molar-refractivity contribution >= 4 is 17.3 Å². The van der Waals surface area contributed by atoms with Crippen LogP contribution in [0.4, 0.5) is 0 Å². The minimum atomic E-state index is -0.217. The van der Waals surface area contributed by atoms with Gasteiger partial charge in [0.05, 0.1) is 5.92 Å². The van der Waals surface area contributed by atoms with Gasteiger partial charge < -0.3 is 4.74 Å². The van der Waals surface area contributed by atoms with Crippen LogP contribution in [0.1, 0.15) is 18.9 Å². The van der Waals surface area contributed by atoms with Crippen LogP contribution in [0.15, 0.2) is 0 Å².